The third kappa shape index (κ3) is 3.21. The van der Waals surface area contributed by atoms with Gasteiger partial charge in [0.1, 0.15) is 0 Å². The van der Waals surface area contributed by atoms with Gasteiger partial charge in [-0.1, -0.05) is 31.5 Å². The number of rotatable bonds is 2. The number of aliphatic hydroxyl groups excluding tert-OH is 1. The van der Waals surface area contributed by atoms with Gasteiger partial charge < -0.3 is 10.0 Å². The van der Waals surface area contributed by atoms with E-state index in [-0.39, 0.29) is 6.61 Å². The van der Waals surface area contributed by atoms with Crippen LogP contribution in [-0.4, -0.2) is 28.7 Å². The summed E-state index contributed by atoms with van der Waals surface area (Å²) in [7, 11) is 0. The van der Waals surface area contributed by atoms with E-state index in [1.165, 1.54) is 17.7 Å². The Labute approximate surface area is 114 Å². The number of anilines is 1. The quantitative estimate of drug-likeness (QED) is 0.888. The average molecular weight is 265 g/mol. The second kappa shape index (κ2) is 5.54. The summed E-state index contributed by atoms with van der Waals surface area (Å²) in [5, 5.41) is 9.51. The van der Waals surface area contributed by atoms with E-state index in [2.05, 4.69) is 55.6 Å². The van der Waals surface area contributed by atoms with Crippen molar-refractivity contribution in [3.8, 4) is 0 Å². The first-order chi connectivity index (χ1) is 8.52. The number of hydrogen-bond acceptors (Lipinski definition) is 3. The first-order valence-electron chi connectivity index (χ1n) is 6.61. The van der Waals surface area contributed by atoms with E-state index in [1.807, 2.05) is 0 Å². The van der Waals surface area contributed by atoms with Crippen molar-refractivity contribution in [2.45, 2.75) is 38.5 Å². The van der Waals surface area contributed by atoms with Crippen LogP contribution in [0.2, 0.25) is 0 Å². The van der Waals surface area contributed by atoms with Crippen molar-refractivity contribution in [2.75, 3.05) is 23.7 Å². The molecule has 0 atom stereocenters. The van der Waals surface area contributed by atoms with E-state index in [0.717, 1.165) is 24.4 Å². The monoisotopic (exact) mass is 265 g/mol. The van der Waals surface area contributed by atoms with Gasteiger partial charge in [-0.15, -0.1) is 0 Å². The standard InChI is InChI=1S/C15H23NOS/c1-12-4-5-14(13(10-12)11-17)16-7-6-15(2,3)18-9-8-16/h4-5,10,17H,6-9,11H2,1-3H3. The molecule has 0 unspecified atom stereocenters. The molecule has 2 nitrogen and oxygen atoms in total. The molecule has 1 aromatic rings. The van der Waals surface area contributed by atoms with Crippen molar-refractivity contribution >= 4 is 17.4 Å². The smallest absolute Gasteiger partial charge is 0.0702 e. The van der Waals surface area contributed by atoms with Gasteiger partial charge in [-0.25, -0.2) is 0 Å². The molecule has 1 fully saturated rings. The fourth-order valence-electron chi connectivity index (χ4n) is 2.41. The van der Waals surface area contributed by atoms with E-state index >= 15 is 0 Å². The SMILES string of the molecule is Cc1ccc(N2CCSC(C)(C)CC2)c(CO)c1. The Balaban J connectivity index is 2.21. The molecule has 1 aliphatic rings. The average Bonchev–Trinajstić information content (AvgIpc) is 2.50. The normalized spacial score (nSPS) is 19.7. The number of benzene rings is 1. The molecule has 0 spiro atoms. The van der Waals surface area contributed by atoms with Crippen molar-refractivity contribution in [2.24, 2.45) is 0 Å². The predicted octanol–water partition coefficient (Wildman–Crippen LogP) is 3.21. The minimum atomic E-state index is 0.129. The van der Waals surface area contributed by atoms with E-state index in [1.54, 1.807) is 0 Å². The van der Waals surface area contributed by atoms with Crippen LogP contribution >= 0.6 is 11.8 Å². The fourth-order valence-corrected chi connectivity index (χ4v) is 3.51. The Bertz CT molecular complexity index is 417. The highest BCUT2D eigenvalue weighted by atomic mass is 32.2. The molecule has 1 saturated heterocycles. The highest BCUT2D eigenvalue weighted by molar-refractivity contribution is 8.00. The molecule has 0 aliphatic carbocycles. The number of thioether (sulfide) groups is 1. The summed E-state index contributed by atoms with van der Waals surface area (Å²) in [4.78, 5) is 2.42. The van der Waals surface area contributed by atoms with Gasteiger partial charge in [-0.05, 0) is 19.4 Å². The molecule has 1 aliphatic heterocycles. The molecule has 2 rings (SSSR count). The van der Waals surface area contributed by atoms with E-state index in [0.29, 0.717) is 4.75 Å². The molecular formula is C15H23NOS. The van der Waals surface area contributed by atoms with Gasteiger partial charge in [-0.3, -0.25) is 0 Å². The van der Waals surface area contributed by atoms with Crippen molar-refractivity contribution in [1.82, 2.24) is 0 Å². The predicted molar refractivity (Wildman–Crippen MR) is 80.5 cm³/mol. The van der Waals surface area contributed by atoms with E-state index in [9.17, 15) is 5.11 Å². The first kappa shape index (κ1) is 13.8. The maximum atomic E-state index is 9.51. The molecular weight excluding hydrogens is 242 g/mol. The van der Waals surface area contributed by atoms with Crippen molar-refractivity contribution in [3.63, 3.8) is 0 Å². The van der Waals surface area contributed by atoms with Gasteiger partial charge in [0.05, 0.1) is 6.61 Å². The lowest BCUT2D eigenvalue weighted by Gasteiger charge is -2.26. The summed E-state index contributed by atoms with van der Waals surface area (Å²) in [5.74, 6) is 1.16. The molecule has 1 heterocycles. The summed E-state index contributed by atoms with van der Waals surface area (Å²) in [6.45, 7) is 9.00. The third-order valence-corrected chi connectivity index (χ3v) is 4.96. The summed E-state index contributed by atoms with van der Waals surface area (Å²) >= 11 is 2.05. The Morgan fingerprint density at radius 2 is 2.11 bits per heavy atom. The second-order valence-electron chi connectivity index (χ2n) is 5.64. The van der Waals surface area contributed by atoms with Crippen molar-refractivity contribution < 1.29 is 5.11 Å². The van der Waals surface area contributed by atoms with E-state index in [4.69, 9.17) is 0 Å². The van der Waals surface area contributed by atoms with Crippen LogP contribution in [0.3, 0.4) is 0 Å². The summed E-state index contributed by atoms with van der Waals surface area (Å²) in [6.07, 6.45) is 1.19. The Kier molecular flexibility index (Phi) is 4.23. The van der Waals surface area contributed by atoms with Crippen LogP contribution in [0.4, 0.5) is 5.69 Å². The summed E-state index contributed by atoms with van der Waals surface area (Å²) in [5.41, 5.74) is 3.48. The Morgan fingerprint density at radius 3 is 2.83 bits per heavy atom. The van der Waals surface area contributed by atoms with Crippen LogP contribution in [0, 0.1) is 6.92 Å². The lowest BCUT2D eigenvalue weighted by atomic mass is 10.1. The zero-order valence-corrected chi connectivity index (χ0v) is 12.4. The lowest BCUT2D eigenvalue weighted by Crippen LogP contribution is -2.27. The highest BCUT2D eigenvalue weighted by Gasteiger charge is 2.24. The zero-order valence-electron chi connectivity index (χ0n) is 11.6. The number of hydrogen-bond donors (Lipinski definition) is 1. The van der Waals surface area contributed by atoms with Crippen molar-refractivity contribution in [3.05, 3.63) is 29.3 Å². The lowest BCUT2D eigenvalue weighted by molar-refractivity contribution is 0.282. The molecule has 18 heavy (non-hydrogen) atoms. The molecule has 1 aromatic carbocycles. The molecule has 100 valence electrons. The number of aryl methyl sites for hydroxylation is 1. The minimum absolute atomic E-state index is 0.129. The molecule has 0 radical (unpaired) electrons. The maximum absolute atomic E-state index is 9.51. The Hall–Kier alpha value is -0.670. The van der Waals surface area contributed by atoms with Gasteiger partial charge in [0.15, 0.2) is 0 Å². The van der Waals surface area contributed by atoms with Crippen LogP contribution in [0.25, 0.3) is 0 Å². The molecule has 0 amide bonds. The van der Waals surface area contributed by atoms with Crippen LogP contribution < -0.4 is 4.90 Å². The van der Waals surface area contributed by atoms with Crippen molar-refractivity contribution in [1.29, 1.82) is 0 Å². The van der Waals surface area contributed by atoms with Gasteiger partial charge >= 0.3 is 0 Å². The van der Waals surface area contributed by atoms with Gasteiger partial charge in [0.2, 0.25) is 0 Å². The molecule has 0 aromatic heterocycles. The fraction of sp³-hybridized carbons (Fsp3) is 0.600. The topological polar surface area (TPSA) is 23.5 Å². The second-order valence-corrected chi connectivity index (χ2v) is 7.44. The molecule has 0 bridgehead atoms. The zero-order chi connectivity index (χ0) is 13.2. The molecule has 1 N–H and O–H groups in total. The number of aliphatic hydroxyl groups is 1. The Morgan fingerprint density at radius 1 is 1.33 bits per heavy atom. The first-order valence-corrected chi connectivity index (χ1v) is 7.60. The van der Waals surface area contributed by atoms with E-state index < -0.39 is 0 Å². The van der Waals surface area contributed by atoms with Gasteiger partial charge in [0.25, 0.3) is 0 Å². The maximum Gasteiger partial charge on any atom is 0.0702 e. The van der Waals surface area contributed by atoms with Crippen LogP contribution in [-0.2, 0) is 6.61 Å². The summed E-state index contributed by atoms with van der Waals surface area (Å²) < 4.78 is 0.374. The van der Waals surface area contributed by atoms with Crippen LogP contribution in [0.5, 0.6) is 0 Å². The largest absolute Gasteiger partial charge is 0.392 e. The summed E-state index contributed by atoms with van der Waals surface area (Å²) in [6, 6.07) is 6.39. The van der Waals surface area contributed by atoms with Gasteiger partial charge in [0, 0.05) is 34.8 Å². The highest BCUT2D eigenvalue weighted by Crippen LogP contribution is 2.33. The molecule has 0 saturated carbocycles. The number of nitrogens with zero attached hydrogens (tertiary/aromatic N) is 1. The van der Waals surface area contributed by atoms with Gasteiger partial charge in [-0.2, -0.15) is 11.8 Å². The van der Waals surface area contributed by atoms with Crippen LogP contribution in [0.15, 0.2) is 18.2 Å². The third-order valence-electron chi connectivity index (χ3n) is 3.58. The molecule has 3 heteroatoms. The van der Waals surface area contributed by atoms with Crippen LogP contribution in [0.1, 0.15) is 31.4 Å². The minimum Gasteiger partial charge on any atom is -0.392 e.